The summed E-state index contributed by atoms with van der Waals surface area (Å²) >= 11 is 0. The van der Waals surface area contributed by atoms with Gasteiger partial charge in [-0.05, 0) is 62.6 Å². The number of rotatable bonds is 7. The summed E-state index contributed by atoms with van der Waals surface area (Å²) < 4.78 is 47.0. The van der Waals surface area contributed by atoms with Gasteiger partial charge < -0.3 is 15.2 Å². The van der Waals surface area contributed by atoms with E-state index in [2.05, 4.69) is 17.2 Å². The Morgan fingerprint density at radius 1 is 1.29 bits per heavy atom. The number of aliphatic hydroxyl groups is 1. The smallest absolute Gasteiger partial charge is 0.394 e. The lowest BCUT2D eigenvalue weighted by Gasteiger charge is -2.34. The van der Waals surface area contributed by atoms with Crippen molar-refractivity contribution in [2.24, 2.45) is 11.3 Å². The first-order chi connectivity index (χ1) is 15.7. The van der Waals surface area contributed by atoms with Crippen molar-refractivity contribution in [1.29, 1.82) is 0 Å². The minimum Gasteiger partial charge on any atom is -0.495 e. The molecule has 1 saturated carbocycles. The molecule has 1 heterocycles. The van der Waals surface area contributed by atoms with E-state index in [0.29, 0.717) is 41.6 Å². The lowest BCUT2D eigenvalue weighted by atomic mass is 9.79. The minimum atomic E-state index is -4.33. The third-order valence-corrected chi connectivity index (χ3v) is 6.82. The van der Waals surface area contributed by atoms with Crippen molar-refractivity contribution in [3.8, 4) is 11.4 Å². The molecule has 9 heteroatoms. The van der Waals surface area contributed by atoms with Gasteiger partial charge >= 0.3 is 6.18 Å². The first kappa shape index (κ1) is 26.1. The Hall–Kier alpha value is -2.55. The van der Waals surface area contributed by atoms with Crippen LogP contribution < -0.4 is 10.1 Å². The molecular weight excluding hydrogens is 447 g/mol. The normalized spacial score (nSPS) is 21.4. The highest BCUT2D eigenvalue weighted by Gasteiger charge is 2.47. The van der Waals surface area contributed by atoms with Gasteiger partial charge in [-0.2, -0.15) is 13.2 Å². The molecule has 0 unspecified atom stereocenters. The molecule has 6 nitrogen and oxygen atoms in total. The number of carbonyl (C=O) groups is 1. The molecule has 0 spiro atoms. The van der Waals surface area contributed by atoms with E-state index in [4.69, 9.17) is 4.74 Å². The fraction of sp³-hybridized carbons (Fsp3) is 0.600. The predicted molar refractivity (Wildman–Crippen MR) is 123 cm³/mol. The number of hydrogen-bond donors (Lipinski definition) is 2. The molecule has 0 aliphatic heterocycles. The van der Waals surface area contributed by atoms with Crippen molar-refractivity contribution in [2.45, 2.75) is 71.6 Å². The lowest BCUT2D eigenvalue weighted by molar-refractivity contribution is -0.211. The topological polar surface area (TPSA) is 76.4 Å². The van der Waals surface area contributed by atoms with Crippen LogP contribution in [0.2, 0.25) is 0 Å². The highest BCUT2D eigenvalue weighted by Crippen LogP contribution is 2.41. The van der Waals surface area contributed by atoms with Gasteiger partial charge in [0.1, 0.15) is 17.3 Å². The van der Waals surface area contributed by atoms with Crippen molar-refractivity contribution in [3.63, 3.8) is 0 Å². The van der Waals surface area contributed by atoms with Crippen LogP contribution in [0.4, 0.5) is 13.2 Å². The van der Waals surface area contributed by atoms with Gasteiger partial charge in [0.2, 0.25) is 0 Å². The summed E-state index contributed by atoms with van der Waals surface area (Å²) in [5.41, 5.74) is -1.53. The van der Waals surface area contributed by atoms with Crippen molar-refractivity contribution < 1.29 is 27.8 Å². The number of nitrogens with one attached hydrogen (secondary N) is 1. The Kier molecular flexibility index (Phi) is 7.36. The second-order valence-electron chi connectivity index (χ2n) is 10.2. The maximum atomic E-state index is 13.3. The van der Waals surface area contributed by atoms with Gasteiger partial charge in [-0.1, -0.05) is 26.8 Å². The van der Waals surface area contributed by atoms with Crippen LogP contribution in [-0.4, -0.2) is 46.0 Å². The SMILES string of the molecule is COc1cc(CC(C)(C)C(F)(F)F)ccc1-n1cc(C(=O)NCC2(O)CCC(C)CC2)nc1C. The van der Waals surface area contributed by atoms with Crippen molar-refractivity contribution in [2.75, 3.05) is 13.7 Å². The number of aryl methyl sites for hydroxylation is 1. The first-order valence-electron chi connectivity index (χ1n) is 11.6. The van der Waals surface area contributed by atoms with Crippen LogP contribution >= 0.6 is 0 Å². The standard InChI is InChI=1S/C25H34F3N3O3/c1-16-8-10-24(33,11-9-16)15-29-22(32)19-14-31(17(2)30-19)20-7-6-18(12-21(20)34-5)13-23(3,4)25(26,27)28/h6-7,12,14,16,33H,8-11,13,15H2,1-5H3,(H,29,32). The van der Waals surface area contributed by atoms with E-state index in [-0.39, 0.29) is 18.7 Å². The molecular formula is C25H34F3N3O3. The zero-order valence-electron chi connectivity index (χ0n) is 20.4. The minimum absolute atomic E-state index is 0.164. The number of halogens is 3. The van der Waals surface area contributed by atoms with Crippen molar-refractivity contribution >= 4 is 5.91 Å². The third-order valence-electron chi connectivity index (χ3n) is 6.82. The molecule has 1 aromatic carbocycles. The molecule has 1 aliphatic rings. The quantitative estimate of drug-likeness (QED) is 0.584. The van der Waals surface area contributed by atoms with Gasteiger partial charge in [0.25, 0.3) is 5.91 Å². The van der Waals surface area contributed by atoms with Gasteiger partial charge in [-0.15, -0.1) is 0 Å². The summed E-state index contributed by atoms with van der Waals surface area (Å²) in [4.78, 5) is 17.1. The molecule has 188 valence electrons. The summed E-state index contributed by atoms with van der Waals surface area (Å²) in [6, 6.07) is 4.88. The van der Waals surface area contributed by atoms with Gasteiger partial charge in [-0.3, -0.25) is 9.36 Å². The number of aromatic nitrogens is 2. The lowest BCUT2D eigenvalue weighted by Crippen LogP contribution is -2.45. The van der Waals surface area contributed by atoms with Crippen LogP contribution in [0.15, 0.2) is 24.4 Å². The van der Waals surface area contributed by atoms with Crippen LogP contribution in [0.3, 0.4) is 0 Å². The molecule has 2 aromatic rings. The maximum absolute atomic E-state index is 13.3. The van der Waals surface area contributed by atoms with Crippen molar-refractivity contribution in [3.05, 3.63) is 41.5 Å². The molecule has 1 fully saturated rings. The van der Waals surface area contributed by atoms with Crippen LogP contribution in [-0.2, 0) is 6.42 Å². The number of benzene rings is 1. The van der Waals surface area contributed by atoms with Gasteiger partial charge in [0.15, 0.2) is 0 Å². The van der Waals surface area contributed by atoms with Crippen LogP contribution in [0.5, 0.6) is 5.75 Å². The fourth-order valence-corrected chi connectivity index (χ4v) is 4.28. The molecule has 0 bridgehead atoms. The zero-order valence-corrected chi connectivity index (χ0v) is 20.4. The van der Waals surface area contributed by atoms with Crippen LogP contribution in [0.1, 0.15) is 68.3 Å². The molecule has 34 heavy (non-hydrogen) atoms. The van der Waals surface area contributed by atoms with E-state index in [1.807, 2.05) is 0 Å². The van der Waals surface area contributed by atoms with Crippen molar-refractivity contribution in [1.82, 2.24) is 14.9 Å². The van der Waals surface area contributed by atoms with Gasteiger partial charge in [-0.25, -0.2) is 4.98 Å². The summed E-state index contributed by atoms with van der Waals surface area (Å²) in [7, 11) is 1.45. The molecule has 1 aliphatic carbocycles. The summed E-state index contributed by atoms with van der Waals surface area (Å²) in [5.74, 6) is 1.09. The Morgan fingerprint density at radius 2 is 1.94 bits per heavy atom. The largest absolute Gasteiger partial charge is 0.495 e. The number of amides is 1. The summed E-state index contributed by atoms with van der Waals surface area (Å²) in [6.07, 6.45) is 0.199. The average molecular weight is 482 g/mol. The Labute approximate surface area is 198 Å². The van der Waals surface area contributed by atoms with Gasteiger partial charge in [0, 0.05) is 12.7 Å². The van der Waals surface area contributed by atoms with Gasteiger partial charge in [0.05, 0.1) is 23.8 Å². The third kappa shape index (κ3) is 5.74. The number of hydrogen-bond acceptors (Lipinski definition) is 4. The second kappa shape index (κ2) is 9.60. The molecule has 1 aromatic heterocycles. The highest BCUT2D eigenvalue weighted by atomic mass is 19.4. The number of carbonyl (C=O) groups excluding carboxylic acids is 1. The number of methoxy groups -OCH3 is 1. The number of imidazole rings is 1. The van der Waals surface area contributed by atoms with E-state index < -0.39 is 23.1 Å². The Morgan fingerprint density at radius 3 is 2.53 bits per heavy atom. The Balaban J connectivity index is 1.77. The molecule has 0 atom stereocenters. The maximum Gasteiger partial charge on any atom is 0.394 e. The number of nitrogens with zero attached hydrogens (tertiary/aromatic N) is 2. The second-order valence-corrected chi connectivity index (χ2v) is 10.2. The summed E-state index contributed by atoms with van der Waals surface area (Å²) in [5, 5.41) is 13.5. The van der Waals surface area contributed by atoms with E-state index in [0.717, 1.165) is 12.8 Å². The van der Waals surface area contributed by atoms with E-state index in [1.54, 1.807) is 35.9 Å². The average Bonchev–Trinajstić information content (AvgIpc) is 3.15. The number of alkyl halides is 3. The molecule has 3 rings (SSSR count). The first-order valence-corrected chi connectivity index (χ1v) is 11.6. The molecule has 0 saturated heterocycles. The molecule has 1 amide bonds. The summed E-state index contributed by atoms with van der Waals surface area (Å²) in [6.45, 7) is 6.39. The zero-order chi connectivity index (χ0) is 25.3. The monoisotopic (exact) mass is 481 g/mol. The molecule has 2 N–H and O–H groups in total. The van der Waals surface area contributed by atoms with E-state index in [1.165, 1.54) is 21.0 Å². The van der Waals surface area contributed by atoms with E-state index >= 15 is 0 Å². The Bertz CT molecular complexity index is 1020. The number of ether oxygens (including phenoxy) is 1. The predicted octanol–water partition coefficient (Wildman–Crippen LogP) is 4.99. The van der Waals surface area contributed by atoms with E-state index in [9.17, 15) is 23.1 Å². The highest BCUT2D eigenvalue weighted by molar-refractivity contribution is 5.92. The fourth-order valence-electron chi connectivity index (χ4n) is 4.28. The van der Waals surface area contributed by atoms with Crippen LogP contribution in [0.25, 0.3) is 5.69 Å². The molecule has 0 radical (unpaired) electrons. The van der Waals surface area contributed by atoms with Crippen LogP contribution in [0, 0.1) is 18.3 Å².